The van der Waals surface area contributed by atoms with Gasteiger partial charge >= 0.3 is 7.82 Å². The Kier molecular flexibility index (Phi) is 4.10. The number of hydrogen-bond acceptors (Lipinski definition) is 4. The lowest BCUT2D eigenvalue weighted by atomic mass is 10.0. The van der Waals surface area contributed by atoms with E-state index in [-0.39, 0.29) is 18.8 Å². The lowest BCUT2D eigenvalue weighted by Crippen LogP contribution is -2.20. The van der Waals surface area contributed by atoms with Crippen molar-refractivity contribution in [1.29, 1.82) is 0 Å². The molecule has 5 nitrogen and oxygen atoms in total. The Balaban J connectivity index is 2.35. The first-order chi connectivity index (χ1) is 6.44. The van der Waals surface area contributed by atoms with Crippen molar-refractivity contribution in [3.05, 3.63) is 0 Å². The van der Waals surface area contributed by atoms with Gasteiger partial charge in [-0.05, 0) is 19.3 Å². The number of phosphoric ester groups is 1. The van der Waals surface area contributed by atoms with E-state index < -0.39 is 7.82 Å². The number of phosphoric acid groups is 1. The molecule has 1 rings (SSSR count). The highest BCUT2D eigenvalue weighted by Gasteiger charge is 2.32. The van der Waals surface area contributed by atoms with Gasteiger partial charge in [0, 0.05) is 7.11 Å². The average Bonchev–Trinajstić information content (AvgIpc) is 2.42. The van der Waals surface area contributed by atoms with Crippen LogP contribution in [-0.2, 0) is 18.3 Å². The van der Waals surface area contributed by atoms with E-state index in [2.05, 4.69) is 4.52 Å². The highest BCUT2D eigenvalue weighted by atomic mass is 31.2. The van der Waals surface area contributed by atoms with Gasteiger partial charge < -0.3 is 9.63 Å². The predicted molar refractivity (Wildman–Crippen MR) is 50.9 cm³/mol. The van der Waals surface area contributed by atoms with Crippen molar-refractivity contribution in [1.82, 2.24) is 0 Å². The third-order valence-corrected chi connectivity index (χ3v) is 3.31. The Hall–Kier alpha value is 0.0700. The maximum Gasteiger partial charge on any atom is 0.472 e. The molecule has 1 N–H and O–H groups in total. The quantitative estimate of drug-likeness (QED) is 0.734. The minimum Gasteiger partial charge on any atom is -0.373 e. The maximum atomic E-state index is 11.0. The smallest absolute Gasteiger partial charge is 0.373 e. The van der Waals surface area contributed by atoms with Crippen LogP contribution in [0.3, 0.4) is 0 Å². The van der Waals surface area contributed by atoms with Crippen LogP contribution >= 0.6 is 7.82 Å². The number of ether oxygens (including phenoxy) is 1. The maximum absolute atomic E-state index is 11.0. The topological polar surface area (TPSA) is 65.0 Å². The van der Waals surface area contributed by atoms with E-state index in [1.54, 1.807) is 0 Å². The monoisotopic (exact) mass is 224 g/mol. The molecule has 0 amide bonds. The van der Waals surface area contributed by atoms with Gasteiger partial charge in [-0.3, -0.25) is 9.05 Å². The van der Waals surface area contributed by atoms with Crippen molar-refractivity contribution in [3.8, 4) is 0 Å². The van der Waals surface area contributed by atoms with Gasteiger partial charge in [-0.15, -0.1) is 0 Å². The van der Waals surface area contributed by atoms with Gasteiger partial charge in [-0.25, -0.2) is 4.57 Å². The van der Waals surface area contributed by atoms with E-state index in [0.29, 0.717) is 5.92 Å². The molecule has 0 saturated carbocycles. The summed E-state index contributed by atoms with van der Waals surface area (Å²) in [7, 11) is -2.71. The molecular weight excluding hydrogens is 207 g/mol. The zero-order chi connectivity index (χ0) is 10.8. The van der Waals surface area contributed by atoms with Gasteiger partial charge in [0.25, 0.3) is 0 Å². The minimum absolute atomic E-state index is 0.104. The average molecular weight is 224 g/mol. The van der Waals surface area contributed by atoms with Crippen molar-refractivity contribution in [2.24, 2.45) is 5.92 Å². The molecule has 0 bridgehead atoms. The molecule has 1 unspecified atom stereocenters. The molecule has 1 aliphatic heterocycles. The van der Waals surface area contributed by atoms with Gasteiger partial charge in [0.15, 0.2) is 0 Å². The van der Waals surface area contributed by atoms with Crippen molar-refractivity contribution >= 4 is 7.82 Å². The molecule has 0 spiro atoms. The predicted octanol–water partition coefficient (Wildman–Crippen LogP) is 1.56. The molecule has 4 atom stereocenters. The fourth-order valence-electron chi connectivity index (χ4n) is 1.59. The Morgan fingerprint density at radius 2 is 2.21 bits per heavy atom. The first kappa shape index (κ1) is 12.1. The third kappa shape index (κ3) is 3.33. The van der Waals surface area contributed by atoms with Crippen LogP contribution in [0.4, 0.5) is 0 Å². The fourth-order valence-corrected chi connectivity index (χ4v) is 2.03. The summed E-state index contributed by atoms with van der Waals surface area (Å²) in [6.07, 6.45) is 1.04. The molecule has 1 fully saturated rings. The van der Waals surface area contributed by atoms with E-state index in [0.717, 1.165) is 13.5 Å². The fraction of sp³-hybridized carbons (Fsp3) is 1.00. The normalized spacial score (nSPS) is 37.0. The number of hydrogen-bond donors (Lipinski definition) is 1. The summed E-state index contributed by atoms with van der Waals surface area (Å²) in [5.74, 6) is 0.349. The van der Waals surface area contributed by atoms with Gasteiger partial charge in [-0.2, -0.15) is 0 Å². The first-order valence-electron chi connectivity index (χ1n) is 4.63. The highest BCUT2D eigenvalue weighted by Crippen LogP contribution is 2.43. The molecule has 1 saturated heterocycles. The molecule has 0 aromatic heterocycles. The highest BCUT2D eigenvalue weighted by molar-refractivity contribution is 7.47. The van der Waals surface area contributed by atoms with Crippen molar-refractivity contribution < 1.29 is 23.2 Å². The summed E-state index contributed by atoms with van der Waals surface area (Å²) >= 11 is 0. The van der Waals surface area contributed by atoms with Crippen LogP contribution in [0.15, 0.2) is 0 Å². The lowest BCUT2D eigenvalue weighted by molar-refractivity contribution is 0.00651. The SMILES string of the molecule is COP(=O)(O)OC[C@H]1O[C@@H](C)C[C@H]1C. The number of rotatable bonds is 4. The van der Waals surface area contributed by atoms with Gasteiger partial charge in [0.05, 0.1) is 18.8 Å². The third-order valence-electron chi connectivity index (χ3n) is 2.38. The van der Waals surface area contributed by atoms with Crippen molar-refractivity contribution in [3.63, 3.8) is 0 Å². The second-order valence-electron chi connectivity index (χ2n) is 3.65. The summed E-state index contributed by atoms with van der Waals surface area (Å²) in [6, 6.07) is 0. The molecular formula is C8H17O5P. The Morgan fingerprint density at radius 3 is 2.64 bits per heavy atom. The Bertz CT molecular complexity index is 232. The summed E-state index contributed by atoms with van der Waals surface area (Å²) in [5, 5.41) is 0. The van der Waals surface area contributed by atoms with Crippen LogP contribution in [0, 0.1) is 5.92 Å². The second kappa shape index (κ2) is 4.73. The van der Waals surface area contributed by atoms with Crippen LogP contribution in [-0.4, -0.2) is 30.8 Å². The molecule has 84 valence electrons. The van der Waals surface area contributed by atoms with Crippen LogP contribution < -0.4 is 0 Å². The van der Waals surface area contributed by atoms with E-state index in [4.69, 9.17) is 14.2 Å². The molecule has 1 aliphatic rings. The van der Waals surface area contributed by atoms with E-state index in [1.807, 2.05) is 13.8 Å². The van der Waals surface area contributed by atoms with Gasteiger partial charge in [0.1, 0.15) is 0 Å². The zero-order valence-electron chi connectivity index (χ0n) is 8.67. The van der Waals surface area contributed by atoms with Crippen LogP contribution in [0.2, 0.25) is 0 Å². The summed E-state index contributed by atoms with van der Waals surface area (Å²) in [4.78, 5) is 8.99. The molecule has 0 aromatic carbocycles. The van der Waals surface area contributed by atoms with E-state index in [1.165, 1.54) is 0 Å². The largest absolute Gasteiger partial charge is 0.472 e. The Labute approximate surface area is 84.0 Å². The summed E-state index contributed by atoms with van der Waals surface area (Å²) in [5.41, 5.74) is 0. The Morgan fingerprint density at radius 1 is 1.57 bits per heavy atom. The van der Waals surface area contributed by atoms with E-state index >= 15 is 0 Å². The van der Waals surface area contributed by atoms with Crippen LogP contribution in [0.5, 0.6) is 0 Å². The molecule has 14 heavy (non-hydrogen) atoms. The molecule has 0 radical (unpaired) electrons. The van der Waals surface area contributed by atoms with Crippen molar-refractivity contribution in [2.75, 3.05) is 13.7 Å². The first-order valence-corrected chi connectivity index (χ1v) is 6.12. The second-order valence-corrected chi connectivity index (χ2v) is 5.21. The molecule has 0 aliphatic carbocycles. The van der Waals surface area contributed by atoms with Crippen LogP contribution in [0.25, 0.3) is 0 Å². The zero-order valence-corrected chi connectivity index (χ0v) is 9.57. The standard InChI is InChI=1S/C8H17O5P/c1-6-4-7(2)13-8(6)5-12-14(9,10)11-3/h6-8H,4-5H2,1-3H3,(H,9,10)/t6-,7+,8-/m1/s1. The minimum atomic E-state index is -3.85. The van der Waals surface area contributed by atoms with Crippen molar-refractivity contribution in [2.45, 2.75) is 32.5 Å². The molecule has 0 aromatic rings. The lowest BCUT2D eigenvalue weighted by Gasteiger charge is -2.16. The van der Waals surface area contributed by atoms with E-state index in [9.17, 15) is 4.57 Å². The summed E-state index contributed by atoms with van der Waals surface area (Å²) in [6.45, 7) is 4.12. The molecule has 1 heterocycles. The summed E-state index contributed by atoms with van der Waals surface area (Å²) < 4.78 is 25.5. The van der Waals surface area contributed by atoms with Gasteiger partial charge in [0.2, 0.25) is 0 Å². The van der Waals surface area contributed by atoms with Gasteiger partial charge in [-0.1, -0.05) is 6.92 Å². The van der Waals surface area contributed by atoms with Crippen LogP contribution in [0.1, 0.15) is 20.3 Å². The molecule has 6 heteroatoms.